The molecule has 0 heterocycles. The summed E-state index contributed by atoms with van der Waals surface area (Å²) in [5.41, 5.74) is 6.41. The second kappa shape index (κ2) is 6.69. The van der Waals surface area contributed by atoms with Crippen LogP contribution in [0.15, 0.2) is 53.4 Å². The summed E-state index contributed by atoms with van der Waals surface area (Å²) < 4.78 is 42.9. The van der Waals surface area contributed by atoms with Gasteiger partial charge in [0.25, 0.3) is 0 Å². The fourth-order valence-electron chi connectivity index (χ4n) is 1.84. The van der Waals surface area contributed by atoms with E-state index in [2.05, 4.69) is 0 Å². The van der Waals surface area contributed by atoms with Gasteiger partial charge in [-0.25, -0.2) is 12.8 Å². The van der Waals surface area contributed by atoms with Crippen LogP contribution in [0.3, 0.4) is 0 Å². The monoisotopic (exact) mass is 309 g/mol. The first-order valence-corrected chi connectivity index (χ1v) is 8.07. The Morgan fingerprint density at radius 1 is 1.10 bits per heavy atom. The van der Waals surface area contributed by atoms with Gasteiger partial charge in [0.15, 0.2) is 9.84 Å². The van der Waals surface area contributed by atoms with Gasteiger partial charge in [-0.1, -0.05) is 24.3 Å². The highest BCUT2D eigenvalue weighted by Crippen LogP contribution is 2.16. The number of halogens is 1. The molecule has 0 aliphatic rings. The molecule has 0 bridgehead atoms. The maximum Gasteiger partial charge on any atom is 0.184 e. The van der Waals surface area contributed by atoms with E-state index in [0.29, 0.717) is 12.3 Å². The number of rotatable bonds is 6. The SMILES string of the molecule is NCc1cccc(OCCS(=O)(=O)c2ccccc2F)c1. The molecule has 2 aromatic rings. The van der Waals surface area contributed by atoms with Crippen LogP contribution >= 0.6 is 0 Å². The van der Waals surface area contributed by atoms with E-state index in [4.69, 9.17) is 10.5 Å². The van der Waals surface area contributed by atoms with E-state index < -0.39 is 15.7 Å². The predicted molar refractivity (Wildman–Crippen MR) is 78.3 cm³/mol. The molecule has 0 aromatic heterocycles. The zero-order chi connectivity index (χ0) is 15.3. The molecule has 0 spiro atoms. The molecule has 0 radical (unpaired) electrons. The van der Waals surface area contributed by atoms with Crippen LogP contribution in [-0.4, -0.2) is 20.8 Å². The molecule has 0 aliphatic heterocycles. The van der Waals surface area contributed by atoms with E-state index in [1.807, 2.05) is 6.07 Å². The lowest BCUT2D eigenvalue weighted by atomic mass is 10.2. The van der Waals surface area contributed by atoms with Gasteiger partial charge in [0.05, 0.1) is 5.75 Å². The minimum atomic E-state index is -3.70. The molecule has 0 unspecified atom stereocenters. The number of hydrogen-bond donors (Lipinski definition) is 1. The quantitative estimate of drug-likeness (QED) is 0.887. The molecule has 6 heteroatoms. The van der Waals surface area contributed by atoms with E-state index in [1.165, 1.54) is 18.2 Å². The first-order chi connectivity index (χ1) is 10.0. The van der Waals surface area contributed by atoms with Crippen LogP contribution in [0.1, 0.15) is 5.56 Å². The molecule has 21 heavy (non-hydrogen) atoms. The van der Waals surface area contributed by atoms with Gasteiger partial charge in [-0.05, 0) is 29.8 Å². The van der Waals surface area contributed by atoms with Crippen molar-refractivity contribution in [2.45, 2.75) is 11.4 Å². The summed E-state index contributed by atoms with van der Waals surface area (Å²) in [6.07, 6.45) is 0. The second-order valence-corrected chi connectivity index (χ2v) is 6.53. The van der Waals surface area contributed by atoms with Crippen molar-refractivity contribution in [3.05, 3.63) is 59.9 Å². The smallest absolute Gasteiger partial charge is 0.184 e. The fraction of sp³-hybridized carbons (Fsp3) is 0.200. The molecule has 0 amide bonds. The van der Waals surface area contributed by atoms with Gasteiger partial charge < -0.3 is 10.5 Å². The van der Waals surface area contributed by atoms with Crippen molar-refractivity contribution in [3.8, 4) is 5.75 Å². The molecule has 0 fully saturated rings. The van der Waals surface area contributed by atoms with Crippen LogP contribution in [0.5, 0.6) is 5.75 Å². The fourth-order valence-corrected chi connectivity index (χ4v) is 3.01. The number of ether oxygens (including phenoxy) is 1. The maximum absolute atomic E-state index is 13.5. The van der Waals surface area contributed by atoms with E-state index in [1.54, 1.807) is 18.2 Å². The molecule has 112 valence electrons. The Balaban J connectivity index is 2.01. The van der Waals surface area contributed by atoms with Crippen LogP contribution in [0.4, 0.5) is 4.39 Å². The Labute approximate surface area is 123 Å². The topological polar surface area (TPSA) is 69.4 Å². The lowest BCUT2D eigenvalue weighted by Gasteiger charge is -2.08. The molecular formula is C15H16FNO3S. The Morgan fingerprint density at radius 3 is 2.57 bits per heavy atom. The van der Waals surface area contributed by atoms with Gasteiger partial charge in [0.2, 0.25) is 0 Å². The lowest BCUT2D eigenvalue weighted by Crippen LogP contribution is -2.15. The van der Waals surface area contributed by atoms with Crippen molar-refractivity contribution < 1.29 is 17.5 Å². The van der Waals surface area contributed by atoms with Crippen molar-refractivity contribution in [3.63, 3.8) is 0 Å². The molecule has 0 saturated carbocycles. The number of hydrogen-bond acceptors (Lipinski definition) is 4. The first kappa shape index (κ1) is 15.5. The first-order valence-electron chi connectivity index (χ1n) is 6.42. The summed E-state index contributed by atoms with van der Waals surface area (Å²) in [4.78, 5) is -0.302. The van der Waals surface area contributed by atoms with Crippen LogP contribution in [-0.2, 0) is 16.4 Å². The average molecular weight is 309 g/mol. The van der Waals surface area contributed by atoms with Crippen LogP contribution in [0.25, 0.3) is 0 Å². The van der Waals surface area contributed by atoms with Gasteiger partial charge in [-0.3, -0.25) is 0 Å². The minimum absolute atomic E-state index is 0.0509. The second-order valence-electron chi connectivity index (χ2n) is 4.45. The molecule has 0 atom stereocenters. The van der Waals surface area contributed by atoms with Crippen molar-refractivity contribution in [2.75, 3.05) is 12.4 Å². The number of nitrogens with two attached hydrogens (primary N) is 1. The Kier molecular flexibility index (Phi) is 4.93. The number of benzene rings is 2. The third kappa shape index (κ3) is 4.03. The van der Waals surface area contributed by atoms with Crippen molar-refractivity contribution in [1.82, 2.24) is 0 Å². The van der Waals surface area contributed by atoms with Crippen LogP contribution < -0.4 is 10.5 Å². The predicted octanol–water partition coefficient (Wildman–Crippen LogP) is 2.14. The van der Waals surface area contributed by atoms with Gasteiger partial charge >= 0.3 is 0 Å². The Morgan fingerprint density at radius 2 is 1.86 bits per heavy atom. The van der Waals surface area contributed by atoms with E-state index in [-0.39, 0.29) is 17.3 Å². The maximum atomic E-state index is 13.5. The molecule has 2 rings (SSSR count). The van der Waals surface area contributed by atoms with Crippen LogP contribution in [0.2, 0.25) is 0 Å². The minimum Gasteiger partial charge on any atom is -0.493 e. The summed E-state index contributed by atoms with van der Waals surface area (Å²) in [7, 11) is -3.70. The highest BCUT2D eigenvalue weighted by Gasteiger charge is 2.18. The summed E-state index contributed by atoms with van der Waals surface area (Å²) in [5.74, 6) is -0.495. The third-order valence-corrected chi connectivity index (χ3v) is 4.63. The summed E-state index contributed by atoms with van der Waals surface area (Å²) in [5, 5.41) is 0. The van der Waals surface area contributed by atoms with Crippen molar-refractivity contribution >= 4 is 9.84 Å². The van der Waals surface area contributed by atoms with Gasteiger partial charge in [0, 0.05) is 6.54 Å². The van der Waals surface area contributed by atoms with Gasteiger partial charge in [0.1, 0.15) is 23.1 Å². The highest BCUT2D eigenvalue weighted by molar-refractivity contribution is 7.91. The van der Waals surface area contributed by atoms with Crippen LogP contribution in [0, 0.1) is 5.82 Å². The third-order valence-electron chi connectivity index (χ3n) is 2.93. The number of sulfone groups is 1. The molecule has 2 N–H and O–H groups in total. The molecule has 0 saturated heterocycles. The van der Waals surface area contributed by atoms with Crippen molar-refractivity contribution in [1.29, 1.82) is 0 Å². The van der Waals surface area contributed by atoms with Crippen molar-refractivity contribution in [2.24, 2.45) is 5.73 Å². The normalized spacial score (nSPS) is 11.3. The Hall–Kier alpha value is -1.92. The summed E-state index contributed by atoms with van der Waals surface area (Å²) >= 11 is 0. The molecule has 4 nitrogen and oxygen atoms in total. The highest BCUT2D eigenvalue weighted by atomic mass is 32.2. The van der Waals surface area contributed by atoms with Gasteiger partial charge in [-0.2, -0.15) is 0 Å². The standard InChI is InChI=1S/C15H16FNO3S/c16-14-6-1-2-7-15(14)21(18,19)9-8-20-13-5-3-4-12(10-13)11-17/h1-7,10H,8-9,11,17H2. The van der Waals surface area contributed by atoms with Gasteiger partial charge in [-0.15, -0.1) is 0 Å². The largest absolute Gasteiger partial charge is 0.493 e. The van der Waals surface area contributed by atoms with E-state index >= 15 is 0 Å². The van der Waals surface area contributed by atoms with E-state index in [9.17, 15) is 12.8 Å². The zero-order valence-corrected chi connectivity index (χ0v) is 12.1. The zero-order valence-electron chi connectivity index (χ0n) is 11.3. The lowest BCUT2D eigenvalue weighted by molar-refractivity contribution is 0.340. The molecule has 0 aliphatic carbocycles. The summed E-state index contributed by atoms with van der Waals surface area (Å²) in [6.45, 7) is 0.329. The average Bonchev–Trinajstić information content (AvgIpc) is 2.47. The molecule has 2 aromatic carbocycles. The molecular weight excluding hydrogens is 293 g/mol. The summed E-state index contributed by atoms with van der Waals surface area (Å²) in [6, 6.07) is 12.4. The van der Waals surface area contributed by atoms with E-state index in [0.717, 1.165) is 11.6 Å². The Bertz CT molecular complexity index is 716.